The molecule has 1 N–H and O–H groups in total. The Balaban J connectivity index is 1.83. The summed E-state index contributed by atoms with van der Waals surface area (Å²) in [5, 5.41) is 2.90. The summed E-state index contributed by atoms with van der Waals surface area (Å²) in [5.74, 6) is -0.828. The number of aromatic nitrogens is 1. The van der Waals surface area contributed by atoms with Gasteiger partial charge in [0.1, 0.15) is 6.04 Å². The van der Waals surface area contributed by atoms with Crippen LogP contribution in [0.4, 0.5) is 0 Å². The highest BCUT2D eigenvalue weighted by Crippen LogP contribution is 2.25. The number of likely N-dealkylation sites (tertiary alicyclic amines) is 1. The quantitative estimate of drug-likeness (QED) is 0.453. The Bertz CT molecular complexity index is 1050. The summed E-state index contributed by atoms with van der Waals surface area (Å²) in [4.78, 5) is 40.5. The maximum absolute atomic E-state index is 13.1. The lowest BCUT2D eigenvalue weighted by Crippen LogP contribution is -2.48. The number of benzene rings is 1. The molecule has 1 unspecified atom stereocenters. The Morgan fingerprint density at radius 2 is 1.74 bits per heavy atom. The lowest BCUT2D eigenvalue weighted by molar-refractivity contribution is -0.134. The van der Waals surface area contributed by atoms with Crippen LogP contribution >= 0.6 is 0 Å². The zero-order chi connectivity index (χ0) is 24.7. The fourth-order valence-corrected chi connectivity index (χ4v) is 4.63. The molecule has 3 rings (SSSR count). The van der Waals surface area contributed by atoms with E-state index in [0.717, 1.165) is 42.9 Å². The van der Waals surface area contributed by atoms with Crippen molar-refractivity contribution in [2.24, 2.45) is 0 Å². The third-order valence-corrected chi connectivity index (χ3v) is 6.34. The number of carbonyl (C=O) groups excluding carboxylic acids is 3. The maximum Gasteiger partial charge on any atom is 0.340 e. The Hall–Kier alpha value is -3.35. The number of ether oxygens (including phenoxy) is 1. The first-order chi connectivity index (χ1) is 16.4. The Kier molecular flexibility index (Phi) is 8.68. The second kappa shape index (κ2) is 11.7. The minimum absolute atomic E-state index is 0.0560. The topological polar surface area (TPSA) is 80.6 Å². The lowest BCUT2D eigenvalue weighted by atomic mass is 10.0. The van der Waals surface area contributed by atoms with Crippen LogP contribution in [0.3, 0.4) is 0 Å². The minimum atomic E-state index is -0.648. The smallest absolute Gasteiger partial charge is 0.340 e. The fraction of sp³-hybridized carbons (Fsp3) is 0.444. The Morgan fingerprint density at radius 3 is 2.35 bits per heavy atom. The van der Waals surface area contributed by atoms with Crippen LogP contribution in [0.2, 0.25) is 0 Å². The number of carbonyl (C=O) groups is 3. The number of hydrogen-bond acceptors (Lipinski definition) is 4. The lowest BCUT2D eigenvalue weighted by Gasteiger charge is -2.23. The van der Waals surface area contributed by atoms with Crippen molar-refractivity contribution < 1.29 is 19.1 Å². The summed E-state index contributed by atoms with van der Waals surface area (Å²) in [6, 6.07) is 9.04. The number of hydrogen-bond donors (Lipinski definition) is 1. The van der Waals surface area contributed by atoms with E-state index in [0.29, 0.717) is 24.1 Å². The third kappa shape index (κ3) is 5.76. The molecule has 0 spiro atoms. The van der Waals surface area contributed by atoms with Crippen molar-refractivity contribution in [1.29, 1.82) is 0 Å². The molecule has 1 aliphatic rings. The van der Waals surface area contributed by atoms with Crippen LogP contribution in [-0.4, -0.2) is 53.0 Å². The van der Waals surface area contributed by atoms with Crippen LogP contribution in [0.1, 0.15) is 59.6 Å². The van der Waals surface area contributed by atoms with Gasteiger partial charge in [-0.05, 0) is 52.2 Å². The average molecular weight is 466 g/mol. The summed E-state index contributed by atoms with van der Waals surface area (Å²) in [5.41, 5.74) is 3.82. The van der Waals surface area contributed by atoms with Crippen molar-refractivity contribution in [2.45, 2.75) is 59.5 Å². The maximum atomic E-state index is 13.1. The fourth-order valence-electron chi connectivity index (χ4n) is 4.63. The van der Waals surface area contributed by atoms with Gasteiger partial charge in [0.25, 0.3) is 0 Å². The van der Waals surface area contributed by atoms with Crippen molar-refractivity contribution in [3.63, 3.8) is 0 Å². The molecule has 0 saturated carbocycles. The van der Waals surface area contributed by atoms with E-state index in [4.69, 9.17) is 4.74 Å². The van der Waals surface area contributed by atoms with Gasteiger partial charge < -0.3 is 19.5 Å². The van der Waals surface area contributed by atoms with Crippen LogP contribution in [0.15, 0.2) is 36.4 Å². The first kappa shape index (κ1) is 25.3. The predicted molar refractivity (Wildman–Crippen MR) is 132 cm³/mol. The molecule has 182 valence electrons. The van der Waals surface area contributed by atoms with Gasteiger partial charge in [-0.1, -0.05) is 30.3 Å². The van der Waals surface area contributed by atoms with Gasteiger partial charge in [0.15, 0.2) is 0 Å². The Morgan fingerprint density at radius 1 is 1.06 bits per heavy atom. The summed E-state index contributed by atoms with van der Waals surface area (Å²) < 4.78 is 7.28. The van der Waals surface area contributed by atoms with E-state index in [2.05, 4.69) is 5.32 Å². The molecule has 1 atom stereocenters. The Labute approximate surface area is 201 Å². The summed E-state index contributed by atoms with van der Waals surface area (Å²) in [7, 11) is 0. The highest BCUT2D eigenvalue weighted by atomic mass is 16.5. The molecule has 1 saturated heterocycles. The molecule has 2 amide bonds. The van der Waals surface area contributed by atoms with Gasteiger partial charge in [0.2, 0.25) is 11.8 Å². The molecule has 1 fully saturated rings. The predicted octanol–water partition coefficient (Wildman–Crippen LogP) is 3.66. The zero-order valence-corrected chi connectivity index (χ0v) is 20.6. The number of nitrogens with one attached hydrogen (secondary N) is 1. The molecular weight excluding hydrogens is 430 g/mol. The second-order valence-corrected chi connectivity index (χ2v) is 8.54. The van der Waals surface area contributed by atoms with Gasteiger partial charge in [0, 0.05) is 49.1 Å². The first-order valence-corrected chi connectivity index (χ1v) is 12.0. The van der Waals surface area contributed by atoms with Crippen LogP contribution in [0.5, 0.6) is 0 Å². The molecule has 0 bridgehead atoms. The monoisotopic (exact) mass is 465 g/mol. The molecule has 1 aromatic heterocycles. The number of esters is 1. The molecule has 7 heteroatoms. The van der Waals surface area contributed by atoms with E-state index < -0.39 is 12.0 Å². The number of amides is 2. The van der Waals surface area contributed by atoms with E-state index in [1.165, 1.54) is 6.08 Å². The van der Waals surface area contributed by atoms with E-state index in [-0.39, 0.29) is 18.4 Å². The summed E-state index contributed by atoms with van der Waals surface area (Å²) >= 11 is 0. The number of nitrogens with zero attached hydrogens (tertiary/aromatic N) is 2. The SMILES string of the molecule is CCOC(=O)c1c(/C=C/C(=O)NC(Cc2ccccc2)C(=O)N2CCCC2)c(C)n(CC)c1C. The molecular formula is C27H35N3O4. The molecule has 1 aromatic carbocycles. The van der Waals surface area contributed by atoms with Crippen LogP contribution < -0.4 is 5.32 Å². The van der Waals surface area contributed by atoms with Crippen molar-refractivity contribution in [2.75, 3.05) is 19.7 Å². The minimum Gasteiger partial charge on any atom is -0.462 e. The van der Waals surface area contributed by atoms with Gasteiger partial charge in [0.05, 0.1) is 12.2 Å². The largest absolute Gasteiger partial charge is 0.462 e. The summed E-state index contributed by atoms with van der Waals surface area (Å²) in [6.45, 7) is 10.0. The average Bonchev–Trinajstić information content (AvgIpc) is 3.44. The highest BCUT2D eigenvalue weighted by Gasteiger charge is 2.28. The van der Waals surface area contributed by atoms with E-state index in [9.17, 15) is 14.4 Å². The normalized spacial score (nSPS) is 14.4. The molecule has 7 nitrogen and oxygen atoms in total. The van der Waals surface area contributed by atoms with Gasteiger partial charge in [-0.3, -0.25) is 9.59 Å². The molecule has 0 radical (unpaired) electrons. The van der Waals surface area contributed by atoms with Crippen LogP contribution in [-0.2, 0) is 27.3 Å². The van der Waals surface area contributed by atoms with Gasteiger partial charge in [-0.2, -0.15) is 0 Å². The van der Waals surface area contributed by atoms with Crippen molar-refractivity contribution in [3.8, 4) is 0 Å². The van der Waals surface area contributed by atoms with Crippen LogP contribution in [0, 0.1) is 13.8 Å². The van der Waals surface area contributed by atoms with Gasteiger partial charge >= 0.3 is 5.97 Å². The first-order valence-electron chi connectivity index (χ1n) is 12.0. The van der Waals surface area contributed by atoms with Gasteiger partial charge in [-0.15, -0.1) is 0 Å². The molecule has 0 aliphatic carbocycles. The highest BCUT2D eigenvalue weighted by molar-refractivity contribution is 6.00. The van der Waals surface area contributed by atoms with Crippen LogP contribution in [0.25, 0.3) is 6.08 Å². The molecule has 2 aromatic rings. The number of rotatable bonds is 9. The van der Waals surface area contributed by atoms with Crippen molar-refractivity contribution >= 4 is 23.9 Å². The third-order valence-electron chi connectivity index (χ3n) is 6.34. The van der Waals surface area contributed by atoms with E-state index in [1.807, 2.05) is 60.6 Å². The second-order valence-electron chi connectivity index (χ2n) is 8.54. The standard InChI is InChI=1S/C27H35N3O4/c1-5-30-19(3)22(25(20(30)4)27(33)34-6-2)14-15-24(31)28-23(18-21-12-8-7-9-13-21)26(32)29-16-10-11-17-29/h7-9,12-15,23H,5-6,10-11,16-18H2,1-4H3,(H,28,31)/b15-14+. The summed E-state index contributed by atoms with van der Waals surface area (Å²) in [6.07, 6.45) is 5.45. The zero-order valence-electron chi connectivity index (χ0n) is 20.6. The van der Waals surface area contributed by atoms with Crippen molar-refractivity contribution in [1.82, 2.24) is 14.8 Å². The van der Waals surface area contributed by atoms with Crippen molar-refractivity contribution in [3.05, 3.63) is 64.5 Å². The van der Waals surface area contributed by atoms with Gasteiger partial charge in [-0.25, -0.2) is 4.79 Å². The molecule has 2 heterocycles. The van der Waals surface area contributed by atoms with E-state index >= 15 is 0 Å². The molecule has 34 heavy (non-hydrogen) atoms. The van der Waals surface area contributed by atoms with E-state index in [1.54, 1.807) is 13.0 Å². The molecule has 1 aliphatic heterocycles.